The van der Waals surface area contributed by atoms with Gasteiger partial charge in [0.1, 0.15) is 5.56 Å². The maximum absolute atomic E-state index is 12.6. The maximum atomic E-state index is 12.6. The fourth-order valence-electron chi connectivity index (χ4n) is 4.38. The number of amides is 1. The van der Waals surface area contributed by atoms with E-state index in [1.165, 1.54) is 45.2 Å². The molecule has 2 fully saturated rings. The monoisotopic (exact) mass is 359 g/mol. The van der Waals surface area contributed by atoms with E-state index in [1.807, 2.05) is 0 Å². The second kappa shape index (κ2) is 8.38. The summed E-state index contributed by atoms with van der Waals surface area (Å²) in [5.74, 6) is 0.279. The van der Waals surface area contributed by atoms with Crippen LogP contribution in [0.15, 0.2) is 23.1 Å². The molecule has 1 amide bonds. The van der Waals surface area contributed by atoms with Crippen LogP contribution >= 0.6 is 0 Å². The highest BCUT2D eigenvalue weighted by atomic mass is 16.2. The summed E-state index contributed by atoms with van der Waals surface area (Å²) >= 11 is 0. The molecule has 1 N–H and O–H groups in total. The number of pyridine rings is 1. The molecule has 1 aliphatic carbocycles. The Hall–Kier alpha value is -1.62. The highest BCUT2D eigenvalue weighted by Gasteiger charge is 2.42. The number of hydrogen-bond donors (Lipinski definition) is 1. The Balaban J connectivity index is 1.51. The topological polar surface area (TPSA) is 54.3 Å². The molecule has 0 atom stereocenters. The van der Waals surface area contributed by atoms with E-state index in [2.05, 4.69) is 24.1 Å². The van der Waals surface area contributed by atoms with Crippen LogP contribution in [0.25, 0.3) is 0 Å². The number of carbonyl (C=O) groups excluding carboxylic acids is 1. The summed E-state index contributed by atoms with van der Waals surface area (Å²) in [6.07, 6.45) is 9.60. The van der Waals surface area contributed by atoms with Crippen LogP contribution in [0.1, 0.15) is 62.7 Å². The first-order valence-electron chi connectivity index (χ1n) is 10.2. The van der Waals surface area contributed by atoms with Crippen molar-refractivity contribution >= 4 is 5.91 Å². The fourth-order valence-corrected chi connectivity index (χ4v) is 4.38. The van der Waals surface area contributed by atoms with E-state index in [9.17, 15) is 9.59 Å². The average Bonchev–Trinajstić information content (AvgIpc) is 2.59. The van der Waals surface area contributed by atoms with Crippen molar-refractivity contribution in [2.45, 2.75) is 58.9 Å². The van der Waals surface area contributed by atoms with Crippen molar-refractivity contribution in [2.75, 3.05) is 26.2 Å². The minimum atomic E-state index is -0.255. The van der Waals surface area contributed by atoms with Crippen LogP contribution in [-0.2, 0) is 6.54 Å². The van der Waals surface area contributed by atoms with Gasteiger partial charge in [0.2, 0.25) is 0 Å². The lowest BCUT2D eigenvalue weighted by Gasteiger charge is -2.52. The molecule has 1 spiro atoms. The number of nitrogens with one attached hydrogen (secondary N) is 1. The zero-order valence-corrected chi connectivity index (χ0v) is 16.3. The lowest BCUT2D eigenvalue weighted by Crippen LogP contribution is -2.57. The zero-order chi connectivity index (χ0) is 18.6. The van der Waals surface area contributed by atoms with E-state index < -0.39 is 0 Å². The van der Waals surface area contributed by atoms with Gasteiger partial charge in [-0.3, -0.25) is 9.59 Å². The van der Waals surface area contributed by atoms with Gasteiger partial charge in [0, 0.05) is 38.9 Å². The van der Waals surface area contributed by atoms with Crippen LogP contribution in [0.4, 0.5) is 0 Å². The molecular weight excluding hydrogens is 326 g/mol. The second-order valence-electron chi connectivity index (χ2n) is 8.63. The minimum Gasteiger partial charge on any atom is -0.352 e. The van der Waals surface area contributed by atoms with Gasteiger partial charge in [-0.15, -0.1) is 0 Å². The Morgan fingerprint density at radius 1 is 1.19 bits per heavy atom. The molecule has 1 aromatic heterocycles. The predicted octanol–water partition coefficient (Wildman–Crippen LogP) is 2.89. The molecule has 0 bridgehead atoms. The van der Waals surface area contributed by atoms with Crippen molar-refractivity contribution in [1.29, 1.82) is 0 Å². The van der Waals surface area contributed by atoms with Crippen molar-refractivity contribution in [2.24, 2.45) is 11.3 Å². The van der Waals surface area contributed by atoms with E-state index in [0.717, 1.165) is 13.0 Å². The standard InChI is InChI=1S/C21H33N3O2/c1-17(2)8-11-22-19(25)18-7-6-12-24(20(18)26)14-13-23-15-21(16-23)9-4-3-5-10-21/h6-7,12,17H,3-5,8-11,13-16H2,1-2H3,(H,22,25). The average molecular weight is 360 g/mol. The van der Waals surface area contributed by atoms with Crippen molar-refractivity contribution in [1.82, 2.24) is 14.8 Å². The van der Waals surface area contributed by atoms with E-state index in [1.54, 1.807) is 22.9 Å². The van der Waals surface area contributed by atoms with Crippen LogP contribution in [-0.4, -0.2) is 41.6 Å². The van der Waals surface area contributed by atoms with Gasteiger partial charge in [-0.2, -0.15) is 0 Å². The Morgan fingerprint density at radius 2 is 1.92 bits per heavy atom. The van der Waals surface area contributed by atoms with Crippen molar-refractivity contribution in [3.8, 4) is 0 Å². The smallest absolute Gasteiger partial charge is 0.263 e. The lowest BCUT2D eigenvalue weighted by molar-refractivity contribution is -0.0294. The molecule has 3 rings (SSSR count). The Morgan fingerprint density at radius 3 is 2.62 bits per heavy atom. The maximum Gasteiger partial charge on any atom is 0.263 e. The van der Waals surface area contributed by atoms with E-state index in [0.29, 0.717) is 24.4 Å². The molecule has 5 heteroatoms. The Labute approximate surface area is 156 Å². The quantitative estimate of drug-likeness (QED) is 0.814. The van der Waals surface area contributed by atoms with Gasteiger partial charge in [0.15, 0.2) is 0 Å². The van der Waals surface area contributed by atoms with E-state index >= 15 is 0 Å². The summed E-state index contributed by atoms with van der Waals surface area (Å²) in [5, 5.41) is 2.86. The molecule has 1 saturated carbocycles. The number of likely N-dealkylation sites (tertiary alicyclic amines) is 1. The molecule has 2 aliphatic rings. The minimum absolute atomic E-state index is 0.178. The summed E-state index contributed by atoms with van der Waals surface area (Å²) in [6.45, 7) is 8.75. The van der Waals surface area contributed by atoms with Gasteiger partial charge in [-0.05, 0) is 42.7 Å². The molecule has 144 valence electrons. The number of carbonyl (C=O) groups is 1. The summed E-state index contributed by atoms with van der Waals surface area (Å²) < 4.78 is 1.68. The summed E-state index contributed by atoms with van der Waals surface area (Å²) in [5.41, 5.74) is 0.646. The van der Waals surface area contributed by atoms with Gasteiger partial charge >= 0.3 is 0 Å². The molecule has 0 aromatic carbocycles. The molecular formula is C21H33N3O2. The molecule has 5 nitrogen and oxygen atoms in total. The second-order valence-corrected chi connectivity index (χ2v) is 8.63. The van der Waals surface area contributed by atoms with Gasteiger partial charge < -0.3 is 14.8 Å². The third-order valence-corrected chi connectivity index (χ3v) is 5.96. The van der Waals surface area contributed by atoms with Crippen LogP contribution in [0.2, 0.25) is 0 Å². The zero-order valence-electron chi connectivity index (χ0n) is 16.3. The van der Waals surface area contributed by atoms with Gasteiger partial charge in [0.05, 0.1) is 0 Å². The summed E-state index contributed by atoms with van der Waals surface area (Å²) in [4.78, 5) is 27.3. The van der Waals surface area contributed by atoms with Crippen molar-refractivity contribution in [3.05, 3.63) is 34.2 Å². The SMILES string of the molecule is CC(C)CCNC(=O)c1cccn(CCN2CC3(CCCCC3)C2)c1=O. The van der Waals surface area contributed by atoms with Crippen LogP contribution in [0.3, 0.4) is 0 Å². The Kier molecular flexibility index (Phi) is 6.17. The molecule has 0 radical (unpaired) electrons. The van der Waals surface area contributed by atoms with Crippen molar-refractivity contribution in [3.63, 3.8) is 0 Å². The number of rotatable bonds is 7. The highest BCUT2D eigenvalue weighted by Crippen LogP contribution is 2.43. The first kappa shape index (κ1) is 19.2. The number of nitrogens with zero attached hydrogens (tertiary/aromatic N) is 2. The van der Waals surface area contributed by atoms with E-state index in [4.69, 9.17) is 0 Å². The number of aromatic nitrogens is 1. The first-order valence-corrected chi connectivity index (χ1v) is 10.2. The highest BCUT2D eigenvalue weighted by molar-refractivity contribution is 5.93. The van der Waals surface area contributed by atoms with Gasteiger partial charge in [0.25, 0.3) is 11.5 Å². The number of hydrogen-bond acceptors (Lipinski definition) is 3. The predicted molar refractivity (Wildman–Crippen MR) is 104 cm³/mol. The van der Waals surface area contributed by atoms with Gasteiger partial charge in [-0.1, -0.05) is 33.1 Å². The molecule has 1 aliphatic heterocycles. The summed E-state index contributed by atoms with van der Waals surface area (Å²) in [6, 6.07) is 3.43. The molecule has 1 aromatic rings. The molecule has 2 heterocycles. The third-order valence-electron chi connectivity index (χ3n) is 5.96. The van der Waals surface area contributed by atoms with E-state index in [-0.39, 0.29) is 17.0 Å². The normalized spacial score (nSPS) is 19.5. The van der Waals surface area contributed by atoms with Crippen molar-refractivity contribution < 1.29 is 4.79 Å². The van der Waals surface area contributed by atoms with Crippen LogP contribution in [0, 0.1) is 11.3 Å². The fraction of sp³-hybridized carbons (Fsp3) is 0.714. The molecule has 0 unspecified atom stereocenters. The molecule has 1 saturated heterocycles. The largest absolute Gasteiger partial charge is 0.352 e. The van der Waals surface area contributed by atoms with Crippen LogP contribution in [0.5, 0.6) is 0 Å². The summed E-state index contributed by atoms with van der Waals surface area (Å²) in [7, 11) is 0. The van der Waals surface area contributed by atoms with Gasteiger partial charge in [-0.25, -0.2) is 0 Å². The molecule has 26 heavy (non-hydrogen) atoms. The first-order chi connectivity index (χ1) is 12.5. The lowest BCUT2D eigenvalue weighted by atomic mass is 9.69. The third kappa shape index (κ3) is 4.56. The Bertz CT molecular complexity index is 666. The van der Waals surface area contributed by atoms with Crippen LogP contribution < -0.4 is 10.9 Å².